The van der Waals surface area contributed by atoms with Crippen LogP contribution in [-0.2, 0) is 51.3 Å². The van der Waals surface area contributed by atoms with E-state index in [0.717, 1.165) is 11.3 Å². The molecule has 1 aliphatic heterocycles. The molecule has 2 aromatic heterocycles. The van der Waals surface area contributed by atoms with Crippen LogP contribution >= 0.6 is 11.3 Å². The van der Waals surface area contributed by atoms with Crippen molar-refractivity contribution in [1.29, 1.82) is 0 Å². The van der Waals surface area contributed by atoms with Crippen LogP contribution < -0.4 is 26.6 Å². The van der Waals surface area contributed by atoms with Crippen molar-refractivity contribution in [3.05, 3.63) is 23.0 Å². The molecule has 2 atom stereocenters. The predicted octanol–water partition coefficient (Wildman–Crippen LogP) is 3.64. The van der Waals surface area contributed by atoms with Gasteiger partial charge in [0.15, 0.2) is 10.8 Å². The minimum atomic E-state index is -1.63. The fourth-order valence-corrected chi connectivity index (χ4v) is 6.12. The third kappa shape index (κ3) is 17.1. The second kappa shape index (κ2) is 20.7. The van der Waals surface area contributed by atoms with Gasteiger partial charge >= 0.3 is 30.3 Å². The molecule has 2 aromatic rings. The van der Waals surface area contributed by atoms with Gasteiger partial charge in [0.25, 0.3) is 5.91 Å². The molecule has 0 spiro atoms. The van der Waals surface area contributed by atoms with Gasteiger partial charge in [-0.2, -0.15) is 15.0 Å². The van der Waals surface area contributed by atoms with Crippen LogP contribution in [0.25, 0.3) is 0 Å². The van der Waals surface area contributed by atoms with Gasteiger partial charge < -0.3 is 49.7 Å². The number of aliphatic carboxylic acids is 1. The zero-order valence-electron chi connectivity index (χ0n) is 39.1. The lowest BCUT2D eigenvalue weighted by Crippen LogP contribution is -2.70. The first-order valence-corrected chi connectivity index (χ1v) is 21.8. The summed E-state index contributed by atoms with van der Waals surface area (Å²) in [5.74, 6) is -3.01. The highest BCUT2D eigenvalue weighted by atomic mass is 32.1. The minimum absolute atomic E-state index is 0.0406. The Hall–Kier alpha value is -6.60. The highest BCUT2D eigenvalue weighted by molar-refractivity contribution is 7.14. The Bertz CT molecular complexity index is 2190. The number of ether oxygens (including phenoxy) is 4. The van der Waals surface area contributed by atoms with Crippen molar-refractivity contribution >= 4 is 70.3 Å². The van der Waals surface area contributed by atoms with E-state index < -0.39 is 88.0 Å². The Morgan fingerprint density at radius 3 is 2.09 bits per heavy atom. The summed E-state index contributed by atoms with van der Waals surface area (Å²) >= 11 is 0.935. The summed E-state index contributed by atoms with van der Waals surface area (Å²) < 4.78 is 21.4. The fraction of sp³-hybridized carbons (Fsp3) is 0.650. The number of carboxylic acid groups (broad SMARTS) is 1. The quantitative estimate of drug-likeness (QED) is 0.0371. The average Bonchev–Trinajstić information content (AvgIpc) is 3.59. The van der Waals surface area contributed by atoms with Crippen LogP contribution in [-0.4, -0.2) is 137 Å². The zero-order valence-corrected chi connectivity index (χ0v) is 40.0. The van der Waals surface area contributed by atoms with Gasteiger partial charge in [0.2, 0.25) is 17.5 Å². The maximum Gasteiger partial charge on any atom is 0.437 e. The number of carbonyl (C=O) groups is 7. The van der Waals surface area contributed by atoms with Crippen molar-refractivity contribution in [2.45, 2.75) is 156 Å². The molecule has 4 rings (SSSR count). The summed E-state index contributed by atoms with van der Waals surface area (Å²) in [6.07, 6.45) is -1.40. The number of carbonyl (C=O) groups excluding carboxylic acids is 6. The lowest BCUT2D eigenvalue weighted by molar-refractivity contribution is -0.153. The first kappa shape index (κ1) is 52.0. The molecule has 66 heavy (non-hydrogen) atoms. The molecule has 2 fully saturated rings. The Balaban J connectivity index is 1.53. The largest absolute Gasteiger partial charge is 0.478 e. The Kier molecular flexibility index (Phi) is 16.3. The van der Waals surface area contributed by atoms with E-state index in [-0.39, 0.29) is 62.2 Å². The summed E-state index contributed by atoms with van der Waals surface area (Å²) in [4.78, 5) is 106. The lowest BCUT2D eigenvalue weighted by Gasteiger charge is -2.36. The Morgan fingerprint density at radius 2 is 1.52 bits per heavy atom. The lowest BCUT2D eigenvalue weighted by atomic mass is 9.98. The molecule has 0 radical (unpaired) electrons. The van der Waals surface area contributed by atoms with Crippen LogP contribution in [0.3, 0.4) is 0 Å². The van der Waals surface area contributed by atoms with Crippen LogP contribution in [0.15, 0.2) is 21.7 Å². The molecule has 6 amide bonds. The molecule has 6 N–H and O–H groups in total. The number of aromatic nitrogens is 4. The number of aliphatic imine (C=N–C) groups is 1. The van der Waals surface area contributed by atoms with Crippen LogP contribution in [0.2, 0.25) is 0 Å². The molecule has 0 aromatic carbocycles. The van der Waals surface area contributed by atoms with E-state index in [4.69, 9.17) is 23.8 Å². The molecule has 26 heteroatoms. The van der Waals surface area contributed by atoms with Gasteiger partial charge in [0.1, 0.15) is 39.8 Å². The molecule has 1 saturated carbocycles. The molecule has 1 aliphatic carbocycles. The van der Waals surface area contributed by atoms with Gasteiger partial charge in [-0.15, -0.1) is 16.3 Å². The third-order valence-electron chi connectivity index (χ3n) is 8.35. The van der Waals surface area contributed by atoms with E-state index in [1.165, 1.54) is 21.3 Å². The monoisotopic (exact) mass is 948 g/mol. The van der Waals surface area contributed by atoms with Crippen molar-refractivity contribution in [1.82, 2.24) is 46.1 Å². The zero-order chi connectivity index (χ0) is 49.4. The number of thiazole rings is 1. The first-order chi connectivity index (χ1) is 30.4. The van der Waals surface area contributed by atoms with Crippen LogP contribution in [0.5, 0.6) is 0 Å². The van der Waals surface area contributed by atoms with Gasteiger partial charge in [-0.3, -0.25) is 20.2 Å². The Morgan fingerprint density at radius 1 is 0.909 bits per heavy atom. The van der Waals surface area contributed by atoms with E-state index in [1.54, 1.807) is 83.1 Å². The van der Waals surface area contributed by atoms with Gasteiger partial charge in [-0.25, -0.2) is 29.0 Å². The number of oxime groups is 1. The summed E-state index contributed by atoms with van der Waals surface area (Å²) in [6, 6.07) is -1.91. The van der Waals surface area contributed by atoms with Crippen molar-refractivity contribution in [3.63, 3.8) is 0 Å². The molecular weight excluding hydrogens is 889 g/mol. The second-order valence-corrected chi connectivity index (χ2v) is 20.1. The maximum atomic E-state index is 13.8. The third-order valence-corrected chi connectivity index (χ3v) is 9.10. The van der Waals surface area contributed by atoms with E-state index in [1.807, 2.05) is 0 Å². The highest BCUT2D eigenvalue weighted by Gasteiger charge is 2.55. The van der Waals surface area contributed by atoms with Crippen molar-refractivity contribution in [2.75, 3.05) is 18.4 Å². The van der Waals surface area contributed by atoms with E-state index in [9.17, 15) is 38.7 Å². The number of nitrogens with one attached hydrogen (secondary N) is 5. The van der Waals surface area contributed by atoms with Gasteiger partial charge in [-0.05, 0) is 89.5 Å². The Labute approximate surface area is 385 Å². The summed E-state index contributed by atoms with van der Waals surface area (Å²) in [7, 11) is 0. The van der Waals surface area contributed by atoms with Crippen molar-refractivity contribution in [3.8, 4) is 0 Å². The predicted molar refractivity (Wildman–Crippen MR) is 235 cm³/mol. The van der Waals surface area contributed by atoms with Crippen molar-refractivity contribution < 1.29 is 62.5 Å². The number of hydrogen-bond acceptors (Lipinski definition) is 17. The summed E-state index contributed by atoms with van der Waals surface area (Å²) in [6.45, 7) is 20.2. The molecule has 3 heterocycles. The van der Waals surface area contributed by atoms with E-state index >= 15 is 0 Å². The number of anilines is 1. The van der Waals surface area contributed by atoms with E-state index in [0.29, 0.717) is 5.69 Å². The number of hydrogen-bond donors (Lipinski definition) is 6. The van der Waals surface area contributed by atoms with E-state index in [2.05, 4.69) is 51.9 Å². The van der Waals surface area contributed by atoms with Gasteiger partial charge in [0.05, 0.1) is 25.3 Å². The molecular formula is C40H60N12O13S. The van der Waals surface area contributed by atoms with Gasteiger partial charge in [-0.1, -0.05) is 5.16 Å². The summed E-state index contributed by atoms with van der Waals surface area (Å²) in [5.41, 5.74) is -5.23. The fourth-order valence-electron chi connectivity index (χ4n) is 5.44. The number of guanidine groups is 1. The minimum Gasteiger partial charge on any atom is -0.478 e. The molecule has 1 saturated heterocycles. The average molecular weight is 949 g/mol. The SMILES string of the molecule is CC(C)(C)OC(=O)/N=C(/NC(=O)OC(C)(C)C)N(CCCNC(=O)OC(C)(C)C)Cc1cnn(C[C@H]2NC(=O)[C@H]2NC(=O)/C(=N\OC2(C(=O)O)CC2)c2csc(NC(=O)OC(C)(C)C)n2)n1. The van der Waals surface area contributed by atoms with Crippen LogP contribution in [0, 0.1) is 0 Å². The summed E-state index contributed by atoms with van der Waals surface area (Å²) in [5, 5.41) is 36.7. The normalized spacial score (nSPS) is 17.2. The number of alkyl carbamates (subject to hydrolysis) is 2. The maximum absolute atomic E-state index is 13.8. The van der Waals surface area contributed by atoms with Crippen LogP contribution in [0.4, 0.5) is 24.3 Å². The van der Waals surface area contributed by atoms with Crippen molar-refractivity contribution in [2.24, 2.45) is 10.1 Å². The number of carboxylic acids is 1. The van der Waals surface area contributed by atoms with Crippen LogP contribution in [0.1, 0.15) is 114 Å². The second-order valence-electron chi connectivity index (χ2n) is 19.2. The molecule has 0 bridgehead atoms. The number of nitrogens with zero attached hydrogens (tertiary/aromatic N) is 7. The smallest absolute Gasteiger partial charge is 0.437 e. The standard InChI is InChI=1S/C40H60N12O13S/c1-36(2,3)61-32(57)41-16-13-17-51(30(46-33(58)62-37(4,5)6)47-34(59)63-38(7,8)9)19-22-18-42-52(49-22)20-23-25(27(53)43-23)45-28(54)26(50-65-40(14-15-40)29(55)56)24-21-66-31(44-24)48-35(60)64-39(10,11)12/h18,21,23,25H,13-17,19-20H2,1-12H3,(H,41,57)(H,43,53)(H,45,54)(H,55,56)(H,44,48,60)(H,46,47,58,59)/b50-26-/t23-,25+/m1/s1. The number of rotatable bonds is 15. The van der Waals surface area contributed by atoms with Gasteiger partial charge in [0, 0.05) is 31.3 Å². The number of amides is 6. The molecule has 2 aliphatic rings. The topological polar surface area (TPSA) is 318 Å². The molecule has 364 valence electrons. The molecule has 25 nitrogen and oxygen atoms in total. The number of β-lactam (4-membered cyclic amide) rings is 1. The highest BCUT2D eigenvalue weighted by Crippen LogP contribution is 2.40. The molecule has 0 unspecified atom stereocenters. The first-order valence-electron chi connectivity index (χ1n) is 20.9.